The molecule has 3 aromatic rings. The van der Waals surface area contributed by atoms with E-state index < -0.39 is 11.6 Å². The number of anilines is 3. The lowest BCUT2D eigenvalue weighted by Crippen LogP contribution is -2.53. The van der Waals surface area contributed by atoms with Crippen molar-refractivity contribution < 1.29 is 13.5 Å². The van der Waals surface area contributed by atoms with Gasteiger partial charge in [-0.15, -0.1) is 5.10 Å². The molecule has 0 atom stereocenters. The van der Waals surface area contributed by atoms with Gasteiger partial charge >= 0.3 is 0 Å². The predicted octanol–water partition coefficient (Wildman–Crippen LogP) is 3.87. The number of nitrogens with one attached hydrogen (secondary N) is 2. The predicted molar refractivity (Wildman–Crippen MR) is 119 cm³/mol. The van der Waals surface area contributed by atoms with Crippen LogP contribution in [0.15, 0.2) is 42.7 Å². The number of nitrogens with zero attached hydrogens (tertiary/aromatic N) is 4. The van der Waals surface area contributed by atoms with Crippen molar-refractivity contribution in [2.45, 2.75) is 31.8 Å². The summed E-state index contributed by atoms with van der Waals surface area (Å²) >= 11 is 0. The Hall–Kier alpha value is -3.04. The molecule has 5 rings (SSSR count). The molecule has 32 heavy (non-hydrogen) atoms. The molecular weight excluding hydrogens is 414 g/mol. The summed E-state index contributed by atoms with van der Waals surface area (Å²) < 4.78 is 33.5. The molecule has 9 heteroatoms. The van der Waals surface area contributed by atoms with Gasteiger partial charge in [-0.1, -0.05) is 0 Å². The zero-order valence-corrected chi connectivity index (χ0v) is 17.9. The molecule has 1 saturated heterocycles. The van der Waals surface area contributed by atoms with Crippen LogP contribution in [-0.4, -0.2) is 58.1 Å². The zero-order valence-electron chi connectivity index (χ0n) is 17.9. The molecule has 7 nitrogen and oxygen atoms in total. The van der Waals surface area contributed by atoms with Gasteiger partial charge in [0.15, 0.2) is 11.6 Å². The highest BCUT2D eigenvalue weighted by Gasteiger charge is 2.34. The van der Waals surface area contributed by atoms with Gasteiger partial charge in [-0.3, -0.25) is 4.90 Å². The molecule has 0 radical (unpaired) electrons. The normalized spacial score (nSPS) is 21.2. The number of hydrogen-bond donors (Lipinski definition) is 2. The van der Waals surface area contributed by atoms with Gasteiger partial charge in [0, 0.05) is 42.6 Å². The Kier molecular flexibility index (Phi) is 5.75. The van der Waals surface area contributed by atoms with Crippen LogP contribution in [0.25, 0.3) is 5.69 Å². The van der Waals surface area contributed by atoms with E-state index in [2.05, 4.69) is 31.7 Å². The van der Waals surface area contributed by atoms with Crippen molar-refractivity contribution in [1.29, 1.82) is 0 Å². The van der Waals surface area contributed by atoms with Crippen molar-refractivity contribution in [3.63, 3.8) is 0 Å². The maximum atomic E-state index is 13.5. The van der Waals surface area contributed by atoms with Gasteiger partial charge in [-0.05, 0) is 55.7 Å². The van der Waals surface area contributed by atoms with E-state index >= 15 is 0 Å². The fourth-order valence-electron chi connectivity index (χ4n) is 4.32. The second-order valence-corrected chi connectivity index (χ2v) is 8.44. The number of hydrogen-bond acceptors (Lipinski definition) is 6. The Balaban J connectivity index is 1.22. The second kappa shape index (κ2) is 8.84. The number of aryl methyl sites for hydroxylation is 1. The number of ether oxygens (including phenoxy) is 1. The Morgan fingerprint density at radius 2 is 1.78 bits per heavy atom. The van der Waals surface area contributed by atoms with Gasteiger partial charge in [0.05, 0.1) is 18.9 Å². The number of halogens is 2. The van der Waals surface area contributed by atoms with Crippen molar-refractivity contribution >= 4 is 17.3 Å². The molecule has 0 bridgehead atoms. The fourth-order valence-corrected chi connectivity index (χ4v) is 4.32. The molecule has 168 valence electrons. The van der Waals surface area contributed by atoms with Crippen molar-refractivity contribution in [3.8, 4) is 5.69 Å². The molecule has 1 saturated carbocycles. The standard InChI is InChI=1S/C23H26F2N6O/c1-15-8-16(27-18-11-20(12-18)30-4-6-32-7-5-30)10-17(9-15)28-23-26-14-31(29-23)19-2-3-21(24)22(25)13-19/h2-3,8-10,13-14,18,20,27H,4-7,11-12H2,1H3,(H,28,29)/t18-,20-. The van der Waals surface area contributed by atoms with Gasteiger partial charge in [0.25, 0.3) is 0 Å². The average Bonchev–Trinajstić information content (AvgIpc) is 3.21. The van der Waals surface area contributed by atoms with Crippen molar-refractivity contribution in [2.75, 3.05) is 36.9 Å². The molecular formula is C23H26F2N6O. The summed E-state index contributed by atoms with van der Waals surface area (Å²) in [5, 5.41) is 11.2. The summed E-state index contributed by atoms with van der Waals surface area (Å²) in [5.74, 6) is -1.44. The van der Waals surface area contributed by atoms with Crippen molar-refractivity contribution in [3.05, 3.63) is 59.9 Å². The third-order valence-electron chi connectivity index (χ3n) is 6.04. The van der Waals surface area contributed by atoms with Gasteiger partial charge in [0.2, 0.25) is 5.95 Å². The number of aromatic nitrogens is 3. The molecule has 0 spiro atoms. The molecule has 2 N–H and O–H groups in total. The van der Waals surface area contributed by atoms with Gasteiger partial charge in [0.1, 0.15) is 6.33 Å². The van der Waals surface area contributed by atoms with Crippen molar-refractivity contribution in [1.82, 2.24) is 19.7 Å². The molecule has 2 heterocycles. The largest absolute Gasteiger partial charge is 0.382 e. The van der Waals surface area contributed by atoms with E-state index in [0.29, 0.717) is 23.7 Å². The molecule has 2 aromatic carbocycles. The Labute approximate surface area is 185 Å². The van der Waals surface area contributed by atoms with E-state index in [1.165, 1.54) is 17.1 Å². The fraction of sp³-hybridized carbons (Fsp3) is 0.391. The lowest BCUT2D eigenvalue weighted by atomic mass is 9.85. The molecule has 0 amide bonds. The summed E-state index contributed by atoms with van der Waals surface area (Å²) in [6.45, 7) is 5.77. The maximum Gasteiger partial charge on any atom is 0.246 e. The highest BCUT2D eigenvalue weighted by atomic mass is 19.2. The van der Waals surface area contributed by atoms with E-state index in [1.54, 1.807) is 0 Å². The van der Waals surface area contributed by atoms with E-state index in [9.17, 15) is 8.78 Å². The summed E-state index contributed by atoms with van der Waals surface area (Å²) in [7, 11) is 0. The quantitative estimate of drug-likeness (QED) is 0.607. The second-order valence-electron chi connectivity index (χ2n) is 8.44. The van der Waals surface area contributed by atoms with Crippen LogP contribution in [0.5, 0.6) is 0 Å². The van der Waals surface area contributed by atoms with E-state index in [0.717, 1.165) is 68.2 Å². The van der Waals surface area contributed by atoms with Crippen LogP contribution in [-0.2, 0) is 4.74 Å². The zero-order chi connectivity index (χ0) is 22.1. The van der Waals surface area contributed by atoms with Crippen LogP contribution in [0.1, 0.15) is 18.4 Å². The first-order chi connectivity index (χ1) is 15.5. The molecule has 2 aliphatic rings. The lowest BCUT2D eigenvalue weighted by Gasteiger charge is -2.45. The third-order valence-corrected chi connectivity index (χ3v) is 6.04. The molecule has 1 aliphatic heterocycles. The van der Waals surface area contributed by atoms with Crippen LogP contribution in [0.4, 0.5) is 26.1 Å². The number of rotatable bonds is 6. The Bertz CT molecular complexity index is 1090. The highest BCUT2D eigenvalue weighted by Crippen LogP contribution is 2.30. The highest BCUT2D eigenvalue weighted by molar-refractivity contribution is 5.63. The SMILES string of the molecule is Cc1cc(Nc2ncn(-c3ccc(F)c(F)c3)n2)cc(N[C@H]2C[C@H](N3CCOCC3)C2)c1. The Morgan fingerprint density at radius 3 is 2.56 bits per heavy atom. The molecule has 2 fully saturated rings. The summed E-state index contributed by atoms with van der Waals surface area (Å²) in [6.07, 6.45) is 3.73. The van der Waals surface area contributed by atoms with Crippen molar-refractivity contribution in [2.24, 2.45) is 0 Å². The minimum Gasteiger partial charge on any atom is -0.382 e. The topological polar surface area (TPSA) is 67.2 Å². The van der Waals surface area contributed by atoms with E-state index in [1.807, 2.05) is 19.1 Å². The number of benzene rings is 2. The van der Waals surface area contributed by atoms with Crippen LogP contribution in [0.3, 0.4) is 0 Å². The number of morpholine rings is 1. The van der Waals surface area contributed by atoms with Gasteiger partial charge in [-0.25, -0.2) is 13.5 Å². The van der Waals surface area contributed by atoms with Crippen LogP contribution in [0, 0.1) is 18.6 Å². The van der Waals surface area contributed by atoms with E-state index in [-0.39, 0.29) is 0 Å². The summed E-state index contributed by atoms with van der Waals surface area (Å²) in [6, 6.07) is 10.9. The molecule has 1 aromatic heterocycles. The smallest absolute Gasteiger partial charge is 0.246 e. The minimum absolute atomic E-state index is 0.377. The lowest BCUT2D eigenvalue weighted by molar-refractivity contribution is -0.00436. The van der Waals surface area contributed by atoms with Gasteiger partial charge in [-0.2, -0.15) is 4.98 Å². The van der Waals surface area contributed by atoms with E-state index in [4.69, 9.17) is 4.74 Å². The van der Waals surface area contributed by atoms with Crippen LogP contribution in [0.2, 0.25) is 0 Å². The summed E-state index contributed by atoms with van der Waals surface area (Å²) in [4.78, 5) is 6.77. The molecule has 0 unspecified atom stereocenters. The summed E-state index contributed by atoms with van der Waals surface area (Å²) in [5.41, 5.74) is 3.43. The van der Waals surface area contributed by atoms with Crippen LogP contribution >= 0.6 is 0 Å². The first-order valence-corrected chi connectivity index (χ1v) is 10.9. The first kappa shape index (κ1) is 20.8. The van der Waals surface area contributed by atoms with Gasteiger partial charge < -0.3 is 15.4 Å². The minimum atomic E-state index is -0.922. The monoisotopic (exact) mass is 440 g/mol. The molecule has 1 aliphatic carbocycles. The maximum absolute atomic E-state index is 13.5. The first-order valence-electron chi connectivity index (χ1n) is 10.9. The van der Waals surface area contributed by atoms with Crippen LogP contribution < -0.4 is 10.6 Å². The Morgan fingerprint density at radius 1 is 1.00 bits per heavy atom. The third kappa shape index (κ3) is 4.58. The average molecular weight is 440 g/mol.